The van der Waals surface area contributed by atoms with Crippen molar-refractivity contribution in [1.82, 2.24) is 10.2 Å². The first-order valence-corrected chi connectivity index (χ1v) is 11.7. The minimum atomic E-state index is -3.70. The Morgan fingerprint density at radius 2 is 1.93 bits per heavy atom. The van der Waals surface area contributed by atoms with Gasteiger partial charge < -0.3 is 15.0 Å². The second kappa shape index (κ2) is 10.5. The van der Waals surface area contributed by atoms with E-state index >= 15 is 0 Å². The molecule has 30 heavy (non-hydrogen) atoms. The van der Waals surface area contributed by atoms with Crippen molar-refractivity contribution in [3.8, 4) is 0 Å². The van der Waals surface area contributed by atoms with Gasteiger partial charge in [0.2, 0.25) is 0 Å². The van der Waals surface area contributed by atoms with Crippen LogP contribution < -0.4 is 5.32 Å². The number of halogens is 1. The molecular weight excluding hydrogens is 405 g/mol. The standard InChI is InChI=1S/C22H28FN3O3S/c1-24-22(25-12-14-30(27,28)21-10-6-5-9-20(21)23)26-13-11-19(15-26)17-29-16-18-7-3-2-4-8-18/h2-10,19H,11-17H2,1H3,(H,24,25). The summed E-state index contributed by atoms with van der Waals surface area (Å²) >= 11 is 0. The van der Waals surface area contributed by atoms with Crippen LogP contribution in [0.25, 0.3) is 0 Å². The zero-order valence-corrected chi connectivity index (χ0v) is 17.9. The van der Waals surface area contributed by atoms with Crippen LogP contribution in [0.15, 0.2) is 64.5 Å². The van der Waals surface area contributed by atoms with Crippen LogP contribution in [0.4, 0.5) is 4.39 Å². The molecule has 1 unspecified atom stereocenters. The minimum absolute atomic E-state index is 0.162. The van der Waals surface area contributed by atoms with Gasteiger partial charge in [-0.05, 0) is 24.1 Å². The van der Waals surface area contributed by atoms with Gasteiger partial charge in [-0.1, -0.05) is 42.5 Å². The topological polar surface area (TPSA) is 71.0 Å². The largest absolute Gasteiger partial charge is 0.376 e. The monoisotopic (exact) mass is 433 g/mol. The zero-order valence-electron chi connectivity index (χ0n) is 17.1. The third-order valence-corrected chi connectivity index (χ3v) is 6.83. The van der Waals surface area contributed by atoms with Gasteiger partial charge in [-0.2, -0.15) is 0 Å². The first-order valence-electron chi connectivity index (χ1n) is 10.0. The molecule has 1 atom stereocenters. The number of sulfone groups is 1. The SMILES string of the molecule is CN=C(NCCS(=O)(=O)c1ccccc1F)N1CCC(COCc2ccccc2)C1. The highest BCUT2D eigenvalue weighted by Gasteiger charge is 2.25. The van der Waals surface area contributed by atoms with Crippen molar-refractivity contribution in [3.05, 3.63) is 66.0 Å². The van der Waals surface area contributed by atoms with E-state index in [2.05, 4.69) is 15.2 Å². The molecule has 0 radical (unpaired) electrons. The van der Waals surface area contributed by atoms with Gasteiger partial charge in [0.15, 0.2) is 15.8 Å². The summed E-state index contributed by atoms with van der Waals surface area (Å²) in [5.74, 6) is 0.128. The highest BCUT2D eigenvalue weighted by molar-refractivity contribution is 7.91. The number of nitrogens with zero attached hydrogens (tertiary/aromatic N) is 2. The van der Waals surface area contributed by atoms with Crippen LogP contribution in [0.5, 0.6) is 0 Å². The summed E-state index contributed by atoms with van der Waals surface area (Å²) in [6.07, 6.45) is 0.989. The molecule has 6 nitrogen and oxygen atoms in total. The van der Waals surface area contributed by atoms with E-state index in [0.29, 0.717) is 25.1 Å². The lowest BCUT2D eigenvalue weighted by atomic mass is 10.1. The van der Waals surface area contributed by atoms with Crippen LogP contribution in [0.1, 0.15) is 12.0 Å². The molecule has 1 aliphatic rings. The van der Waals surface area contributed by atoms with Crippen molar-refractivity contribution in [2.24, 2.45) is 10.9 Å². The molecule has 0 spiro atoms. The maximum absolute atomic E-state index is 13.8. The molecule has 1 saturated heterocycles. The maximum Gasteiger partial charge on any atom is 0.193 e. The fraction of sp³-hybridized carbons (Fsp3) is 0.409. The second-order valence-corrected chi connectivity index (χ2v) is 9.40. The molecule has 0 aromatic heterocycles. The fourth-order valence-corrected chi connectivity index (χ4v) is 4.76. The summed E-state index contributed by atoms with van der Waals surface area (Å²) in [5.41, 5.74) is 1.15. The summed E-state index contributed by atoms with van der Waals surface area (Å²) in [4.78, 5) is 6.10. The lowest BCUT2D eigenvalue weighted by Gasteiger charge is -2.21. The molecule has 1 aliphatic heterocycles. The Kier molecular flexibility index (Phi) is 7.81. The average Bonchev–Trinajstić information content (AvgIpc) is 3.21. The van der Waals surface area contributed by atoms with Crippen LogP contribution in [-0.2, 0) is 21.2 Å². The molecule has 1 heterocycles. The van der Waals surface area contributed by atoms with Crippen LogP contribution in [0, 0.1) is 11.7 Å². The van der Waals surface area contributed by atoms with Crippen LogP contribution in [0.2, 0.25) is 0 Å². The number of hydrogen-bond acceptors (Lipinski definition) is 4. The molecule has 0 aliphatic carbocycles. The van der Waals surface area contributed by atoms with Crippen LogP contribution >= 0.6 is 0 Å². The lowest BCUT2D eigenvalue weighted by Crippen LogP contribution is -2.42. The van der Waals surface area contributed by atoms with Gasteiger partial charge in [0.25, 0.3) is 0 Å². The number of likely N-dealkylation sites (tertiary alicyclic amines) is 1. The third kappa shape index (κ3) is 6.03. The van der Waals surface area contributed by atoms with Crippen molar-refractivity contribution in [1.29, 1.82) is 0 Å². The van der Waals surface area contributed by atoms with E-state index in [1.807, 2.05) is 30.3 Å². The van der Waals surface area contributed by atoms with Gasteiger partial charge in [0.1, 0.15) is 10.7 Å². The average molecular weight is 434 g/mol. The number of aliphatic imine (C=N–C) groups is 1. The molecule has 8 heteroatoms. The molecule has 2 aromatic carbocycles. The summed E-state index contributed by atoms with van der Waals surface area (Å²) in [7, 11) is -2.02. The molecule has 2 aromatic rings. The highest BCUT2D eigenvalue weighted by atomic mass is 32.2. The Morgan fingerprint density at radius 1 is 1.20 bits per heavy atom. The second-order valence-electron chi connectivity index (χ2n) is 7.32. The van der Waals surface area contributed by atoms with Gasteiger partial charge in [0, 0.05) is 32.6 Å². The minimum Gasteiger partial charge on any atom is -0.376 e. The van der Waals surface area contributed by atoms with Gasteiger partial charge >= 0.3 is 0 Å². The summed E-state index contributed by atoms with van der Waals surface area (Å²) in [6.45, 7) is 3.06. The summed E-state index contributed by atoms with van der Waals surface area (Å²) in [6, 6.07) is 15.5. The smallest absolute Gasteiger partial charge is 0.193 e. The summed E-state index contributed by atoms with van der Waals surface area (Å²) < 4.78 is 44.4. The van der Waals surface area contributed by atoms with Crippen LogP contribution in [0.3, 0.4) is 0 Å². The zero-order chi connectivity index (χ0) is 21.4. The number of ether oxygens (including phenoxy) is 1. The first-order chi connectivity index (χ1) is 14.5. The number of guanidine groups is 1. The Labute approximate surface area is 177 Å². The Bertz CT molecular complexity index is 951. The Balaban J connectivity index is 1.43. The van der Waals surface area contributed by atoms with Crippen molar-refractivity contribution < 1.29 is 17.5 Å². The molecule has 1 fully saturated rings. The lowest BCUT2D eigenvalue weighted by molar-refractivity contribution is 0.0907. The van der Waals surface area contributed by atoms with E-state index in [1.165, 1.54) is 18.2 Å². The van der Waals surface area contributed by atoms with Gasteiger partial charge in [0.05, 0.1) is 19.0 Å². The highest BCUT2D eigenvalue weighted by Crippen LogP contribution is 2.18. The predicted octanol–water partition coefficient (Wildman–Crippen LogP) is 2.71. The maximum atomic E-state index is 13.8. The number of nitrogens with one attached hydrogen (secondary N) is 1. The number of rotatable bonds is 8. The molecule has 1 N–H and O–H groups in total. The third-order valence-electron chi connectivity index (χ3n) is 5.09. The van der Waals surface area contributed by atoms with E-state index in [9.17, 15) is 12.8 Å². The van der Waals surface area contributed by atoms with Gasteiger partial charge in [-0.25, -0.2) is 12.8 Å². The van der Waals surface area contributed by atoms with E-state index in [-0.39, 0.29) is 17.2 Å². The summed E-state index contributed by atoms with van der Waals surface area (Å²) in [5, 5.41) is 3.09. The molecular formula is C22H28FN3O3S. The molecule has 3 rings (SSSR count). The van der Waals surface area contributed by atoms with E-state index in [4.69, 9.17) is 4.74 Å². The molecule has 162 valence electrons. The van der Waals surface area contributed by atoms with Crippen molar-refractivity contribution in [3.63, 3.8) is 0 Å². The number of hydrogen-bond donors (Lipinski definition) is 1. The Hall–Kier alpha value is -2.45. The van der Waals surface area contributed by atoms with Crippen LogP contribution in [-0.4, -0.2) is 58.3 Å². The molecule has 0 saturated carbocycles. The normalized spacial score (nSPS) is 17.3. The molecule has 0 amide bonds. The molecule has 0 bridgehead atoms. The van der Waals surface area contributed by atoms with E-state index in [1.54, 1.807) is 7.05 Å². The van der Waals surface area contributed by atoms with Crippen molar-refractivity contribution >= 4 is 15.8 Å². The Morgan fingerprint density at radius 3 is 2.67 bits per heavy atom. The number of benzene rings is 2. The van der Waals surface area contributed by atoms with Crippen molar-refractivity contribution in [2.75, 3.05) is 39.0 Å². The van der Waals surface area contributed by atoms with Crippen molar-refractivity contribution in [2.45, 2.75) is 17.9 Å². The van der Waals surface area contributed by atoms with E-state index in [0.717, 1.165) is 31.1 Å². The quantitative estimate of drug-likeness (QED) is 0.512. The van der Waals surface area contributed by atoms with Gasteiger partial charge in [-0.3, -0.25) is 4.99 Å². The fourth-order valence-electron chi connectivity index (χ4n) is 3.52. The van der Waals surface area contributed by atoms with E-state index < -0.39 is 15.7 Å². The van der Waals surface area contributed by atoms with Gasteiger partial charge in [-0.15, -0.1) is 0 Å². The first kappa shape index (κ1) is 22.2. The predicted molar refractivity (Wildman–Crippen MR) is 116 cm³/mol.